The van der Waals surface area contributed by atoms with Crippen LogP contribution in [0.15, 0.2) is 34.9 Å². The summed E-state index contributed by atoms with van der Waals surface area (Å²) in [6.45, 7) is 6.58. The van der Waals surface area contributed by atoms with Crippen LogP contribution in [0.1, 0.15) is 94.7 Å². The first-order valence-corrected chi connectivity index (χ1v) is 13.0. The molecule has 3 aliphatic heterocycles. The van der Waals surface area contributed by atoms with E-state index < -0.39 is 5.41 Å². The number of benzene rings is 1. The van der Waals surface area contributed by atoms with Crippen LogP contribution in [-0.2, 0) is 25.2 Å². The summed E-state index contributed by atoms with van der Waals surface area (Å²) in [5.74, 6) is 0.139. The second-order valence-electron chi connectivity index (χ2n) is 11.8. The maximum atomic E-state index is 15.0. The van der Waals surface area contributed by atoms with Gasteiger partial charge >= 0.3 is 0 Å². The van der Waals surface area contributed by atoms with Crippen molar-refractivity contribution in [2.45, 2.75) is 101 Å². The number of hydrogen-bond donors (Lipinski definition) is 1. The Kier molecular flexibility index (Phi) is 4.62. The molecular formula is C29H33N3O3. The molecule has 1 aromatic carbocycles. The van der Waals surface area contributed by atoms with Gasteiger partial charge in [0, 0.05) is 23.9 Å². The molecule has 6 heteroatoms. The summed E-state index contributed by atoms with van der Waals surface area (Å²) in [6.07, 6.45) is 8.76. The highest BCUT2D eigenvalue weighted by Crippen LogP contribution is 2.63. The minimum absolute atomic E-state index is 0.0430. The molecule has 0 bridgehead atoms. The van der Waals surface area contributed by atoms with Crippen LogP contribution in [-0.4, -0.2) is 17.2 Å². The number of nitrogens with two attached hydrogens (primary N) is 1. The molecule has 6 nitrogen and oxygen atoms in total. The van der Waals surface area contributed by atoms with Gasteiger partial charge in [-0.15, -0.1) is 0 Å². The number of fused-ring (bicyclic) bond motifs is 3. The van der Waals surface area contributed by atoms with E-state index >= 15 is 4.79 Å². The van der Waals surface area contributed by atoms with E-state index in [9.17, 15) is 10.1 Å². The number of ketones is 1. The van der Waals surface area contributed by atoms with Gasteiger partial charge in [-0.1, -0.05) is 57.2 Å². The van der Waals surface area contributed by atoms with Gasteiger partial charge in [0.15, 0.2) is 5.78 Å². The Balaban J connectivity index is 1.75. The number of allylic oxidation sites excluding steroid dienone is 1. The molecular weight excluding hydrogens is 438 g/mol. The normalized spacial score (nSPS) is 28.6. The van der Waals surface area contributed by atoms with Crippen LogP contribution in [0.2, 0.25) is 0 Å². The number of Topliss-reactive ketones (excluding diaryl/α,β-unsaturated/α-hetero) is 1. The monoisotopic (exact) mass is 471 g/mol. The molecule has 2 aliphatic carbocycles. The largest absolute Gasteiger partial charge is 0.444 e. The summed E-state index contributed by atoms with van der Waals surface area (Å²) in [5.41, 5.74) is 8.59. The Morgan fingerprint density at radius 2 is 1.71 bits per heavy atom. The highest BCUT2D eigenvalue weighted by atomic mass is 16.5. The van der Waals surface area contributed by atoms with E-state index in [0.29, 0.717) is 30.6 Å². The zero-order valence-electron chi connectivity index (χ0n) is 20.9. The van der Waals surface area contributed by atoms with Crippen LogP contribution in [0.3, 0.4) is 0 Å². The first kappa shape index (κ1) is 22.4. The van der Waals surface area contributed by atoms with E-state index in [1.807, 2.05) is 17.9 Å². The van der Waals surface area contributed by atoms with E-state index in [-0.39, 0.29) is 34.1 Å². The Bertz CT molecular complexity index is 1290. The van der Waals surface area contributed by atoms with E-state index in [4.69, 9.17) is 10.5 Å². The number of amides is 1. The molecule has 1 saturated carbocycles. The quantitative estimate of drug-likeness (QED) is 0.569. The van der Waals surface area contributed by atoms with Gasteiger partial charge in [0.2, 0.25) is 11.8 Å². The predicted molar refractivity (Wildman–Crippen MR) is 132 cm³/mol. The number of nitriles is 1. The third-order valence-electron chi connectivity index (χ3n) is 9.12. The van der Waals surface area contributed by atoms with Gasteiger partial charge in [0.05, 0.1) is 11.3 Å². The van der Waals surface area contributed by atoms with Crippen molar-refractivity contribution >= 4 is 17.4 Å². The Morgan fingerprint density at radius 1 is 1.03 bits per heavy atom. The van der Waals surface area contributed by atoms with Crippen LogP contribution in [0.25, 0.3) is 0 Å². The molecule has 5 aliphatic rings. The van der Waals surface area contributed by atoms with Gasteiger partial charge in [-0.05, 0) is 43.6 Å². The number of rotatable bonds is 0. The van der Waals surface area contributed by atoms with Gasteiger partial charge in [-0.3, -0.25) is 9.59 Å². The summed E-state index contributed by atoms with van der Waals surface area (Å²) in [6, 6.07) is 6.45. The maximum Gasteiger partial charge on any atom is 0.248 e. The van der Waals surface area contributed by atoms with Crippen molar-refractivity contribution in [3.8, 4) is 6.07 Å². The molecule has 1 aromatic rings. The third-order valence-corrected chi connectivity index (χ3v) is 9.12. The number of hydrogen-bond acceptors (Lipinski definition) is 5. The highest BCUT2D eigenvalue weighted by molar-refractivity contribution is 6.21. The molecule has 1 fully saturated rings. The molecule has 0 saturated heterocycles. The number of nitrogens with zero attached hydrogens (tertiary/aromatic N) is 2. The standard InChI is InChI=1S/C29H33N3O3/c1-17-13-18-24-19(14-17)29(20(15-30)25(31)35-22-10-8-9-21(33)23(22)29)26(34)32(24)28(16-27(18,2)3)11-6-4-5-7-12-28/h13-14H,4-12,16,31H2,1-3H3/t29-/m0/s1. The summed E-state index contributed by atoms with van der Waals surface area (Å²) in [5, 5.41) is 10.4. The van der Waals surface area contributed by atoms with Gasteiger partial charge in [0.1, 0.15) is 22.8 Å². The van der Waals surface area contributed by atoms with Gasteiger partial charge < -0.3 is 15.4 Å². The number of ether oxygens (including phenoxy) is 1. The van der Waals surface area contributed by atoms with Crippen LogP contribution < -0.4 is 10.6 Å². The average molecular weight is 472 g/mol. The molecule has 182 valence electrons. The maximum absolute atomic E-state index is 15.0. The van der Waals surface area contributed by atoms with Crippen molar-refractivity contribution in [3.63, 3.8) is 0 Å². The minimum atomic E-state index is -1.51. The highest BCUT2D eigenvalue weighted by Gasteiger charge is 2.67. The molecule has 1 atom stereocenters. The molecule has 3 heterocycles. The molecule has 6 rings (SSSR count). The molecule has 0 radical (unpaired) electrons. The lowest BCUT2D eigenvalue weighted by Gasteiger charge is -2.52. The summed E-state index contributed by atoms with van der Waals surface area (Å²) in [4.78, 5) is 30.6. The molecule has 2 spiro atoms. The zero-order valence-corrected chi connectivity index (χ0v) is 20.9. The number of aryl methyl sites for hydroxylation is 1. The second-order valence-corrected chi connectivity index (χ2v) is 11.8. The number of anilines is 1. The number of carbonyl (C=O) groups excluding carboxylic acids is 2. The van der Waals surface area contributed by atoms with Crippen LogP contribution in [0, 0.1) is 18.3 Å². The lowest BCUT2D eigenvalue weighted by molar-refractivity contribution is -0.126. The third kappa shape index (κ3) is 2.70. The molecule has 1 amide bonds. The first-order valence-electron chi connectivity index (χ1n) is 13.0. The van der Waals surface area contributed by atoms with Crippen molar-refractivity contribution < 1.29 is 14.3 Å². The van der Waals surface area contributed by atoms with E-state index in [1.165, 1.54) is 12.8 Å². The first-order chi connectivity index (χ1) is 16.7. The van der Waals surface area contributed by atoms with Crippen LogP contribution in [0.4, 0.5) is 5.69 Å². The Morgan fingerprint density at radius 3 is 2.40 bits per heavy atom. The average Bonchev–Trinajstić information content (AvgIpc) is 2.92. The van der Waals surface area contributed by atoms with Crippen molar-refractivity contribution in [3.05, 3.63) is 51.6 Å². The van der Waals surface area contributed by atoms with Gasteiger partial charge in [-0.25, -0.2) is 0 Å². The molecule has 2 N–H and O–H groups in total. The summed E-state index contributed by atoms with van der Waals surface area (Å²) >= 11 is 0. The lowest BCUT2D eigenvalue weighted by Crippen LogP contribution is -2.60. The second kappa shape index (κ2) is 7.22. The smallest absolute Gasteiger partial charge is 0.248 e. The Labute approximate surface area is 206 Å². The fourth-order valence-corrected chi connectivity index (χ4v) is 7.89. The summed E-state index contributed by atoms with van der Waals surface area (Å²) in [7, 11) is 0. The SMILES string of the molecule is Cc1cc2c3c(c1)[C@]1(C(=O)N3C3(CCCCCC3)CC2(C)C)C(C#N)=C(N)OC2=C1C(=O)CCC2. The van der Waals surface area contributed by atoms with Crippen molar-refractivity contribution in [2.24, 2.45) is 5.73 Å². The lowest BCUT2D eigenvalue weighted by atomic mass is 9.64. The van der Waals surface area contributed by atoms with Crippen molar-refractivity contribution in [1.82, 2.24) is 0 Å². The van der Waals surface area contributed by atoms with Gasteiger partial charge in [-0.2, -0.15) is 5.26 Å². The molecule has 0 aromatic heterocycles. The predicted octanol–water partition coefficient (Wildman–Crippen LogP) is 5.08. The van der Waals surface area contributed by atoms with Crippen LogP contribution >= 0.6 is 0 Å². The fraction of sp³-hybridized carbons (Fsp3) is 0.552. The summed E-state index contributed by atoms with van der Waals surface area (Å²) < 4.78 is 5.88. The van der Waals surface area contributed by atoms with Crippen molar-refractivity contribution in [1.29, 1.82) is 5.26 Å². The molecule has 0 unspecified atom stereocenters. The van der Waals surface area contributed by atoms with E-state index in [2.05, 4.69) is 26.0 Å². The van der Waals surface area contributed by atoms with Gasteiger partial charge in [0.25, 0.3) is 0 Å². The zero-order chi connectivity index (χ0) is 24.8. The Hall–Kier alpha value is -3.07. The van der Waals surface area contributed by atoms with Crippen LogP contribution in [0.5, 0.6) is 0 Å². The molecule has 35 heavy (non-hydrogen) atoms. The topological polar surface area (TPSA) is 96.4 Å². The van der Waals surface area contributed by atoms with E-state index in [0.717, 1.165) is 54.5 Å². The fourth-order valence-electron chi connectivity index (χ4n) is 7.89. The minimum Gasteiger partial charge on any atom is -0.444 e. The number of carbonyl (C=O) groups is 2. The van der Waals surface area contributed by atoms with E-state index in [1.54, 1.807) is 0 Å². The van der Waals surface area contributed by atoms with Crippen molar-refractivity contribution in [2.75, 3.05) is 4.90 Å².